The molecule has 27 heavy (non-hydrogen) atoms. The number of hydrogen-bond acceptors (Lipinski definition) is 5. The summed E-state index contributed by atoms with van der Waals surface area (Å²) in [6, 6.07) is 5.59. The van der Waals surface area contributed by atoms with E-state index in [-0.39, 0.29) is 5.91 Å². The Bertz CT molecular complexity index is 1180. The van der Waals surface area contributed by atoms with Gasteiger partial charge in [-0.2, -0.15) is 5.10 Å². The van der Waals surface area contributed by atoms with Crippen molar-refractivity contribution in [3.8, 4) is 28.1 Å². The van der Waals surface area contributed by atoms with Crippen molar-refractivity contribution < 1.29 is 9.53 Å². The summed E-state index contributed by atoms with van der Waals surface area (Å²) in [6.07, 6.45) is 7.14. The molecule has 1 aliphatic rings. The Morgan fingerprint density at radius 1 is 1.19 bits per heavy atom. The average Bonchev–Trinajstić information content (AvgIpc) is 3.26. The standard InChI is InChI=1S/C19H16N6O2/c1-25-9-12(7-24-25)17-16-14(8-21-18(16)23-10-22-17)11-2-3-13-15(6-11)27-5-4-20-19(13)26/h2-3,6-10H,4-5H2,1H3,(H,20,26)(H,21,22,23). The van der Waals surface area contributed by atoms with Gasteiger partial charge in [-0.05, 0) is 17.7 Å². The SMILES string of the molecule is Cn1cc(-c2ncnc3[nH]cc(-c4ccc5c(c4)OCCNC5=O)c23)cn1. The van der Waals surface area contributed by atoms with E-state index in [1.54, 1.807) is 16.9 Å². The third kappa shape index (κ3) is 2.53. The van der Waals surface area contributed by atoms with E-state index in [0.717, 1.165) is 33.4 Å². The second-order valence-electron chi connectivity index (χ2n) is 6.37. The number of ether oxygens (including phenoxy) is 1. The number of fused-ring (bicyclic) bond motifs is 2. The predicted molar refractivity (Wildman–Crippen MR) is 99.4 cm³/mol. The number of nitrogens with one attached hydrogen (secondary N) is 2. The number of aromatic amines is 1. The highest BCUT2D eigenvalue weighted by atomic mass is 16.5. The molecule has 1 aliphatic heterocycles. The number of H-pyrrole nitrogens is 1. The Hall–Kier alpha value is -3.68. The van der Waals surface area contributed by atoms with Gasteiger partial charge in [-0.1, -0.05) is 6.07 Å². The van der Waals surface area contributed by atoms with Crippen LogP contribution in [0.25, 0.3) is 33.4 Å². The summed E-state index contributed by atoms with van der Waals surface area (Å²) in [5, 5.41) is 7.97. The molecule has 8 nitrogen and oxygen atoms in total. The Morgan fingerprint density at radius 2 is 2.11 bits per heavy atom. The Morgan fingerprint density at radius 3 is 2.96 bits per heavy atom. The van der Waals surface area contributed by atoms with Gasteiger partial charge in [-0.15, -0.1) is 0 Å². The molecular formula is C19H16N6O2. The molecule has 4 aromatic rings. The predicted octanol–water partition coefficient (Wildman–Crippen LogP) is 2.15. The van der Waals surface area contributed by atoms with Crippen LogP contribution in [-0.4, -0.2) is 43.8 Å². The second-order valence-corrected chi connectivity index (χ2v) is 6.37. The van der Waals surface area contributed by atoms with Crippen LogP contribution in [0, 0.1) is 0 Å². The molecule has 0 atom stereocenters. The van der Waals surface area contributed by atoms with Gasteiger partial charge in [0.1, 0.15) is 24.3 Å². The van der Waals surface area contributed by atoms with Gasteiger partial charge in [0.2, 0.25) is 0 Å². The monoisotopic (exact) mass is 360 g/mol. The highest BCUT2D eigenvalue weighted by Gasteiger charge is 2.20. The van der Waals surface area contributed by atoms with Gasteiger partial charge in [-0.25, -0.2) is 9.97 Å². The molecule has 0 spiro atoms. The lowest BCUT2D eigenvalue weighted by atomic mass is 10.0. The molecule has 0 aliphatic carbocycles. The number of benzene rings is 1. The van der Waals surface area contributed by atoms with Gasteiger partial charge >= 0.3 is 0 Å². The summed E-state index contributed by atoms with van der Waals surface area (Å²) < 4.78 is 7.49. The van der Waals surface area contributed by atoms with Crippen LogP contribution in [0.4, 0.5) is 0 Å². The number of nitrogens with zero attached hydrogens (tertiary/aromatic N) is 4. The zero-order chi connectivity index (χ0) is 18.4. The summed E-state index contributed by atoms with van der Waals surface area (Å²) in [5.41, 5.74) is 4.87. The van der Waals surface area contributed by atoms with Gasteiger partial charge in [0.15, 0.2) is 0 Å². The number of aryl methyl sites for hydroxylation is 1. The molecule has 0 radical (unpaired) electrons. The molecule has 134 valence electrons. The van der Waals surface area contributed by atoms with E-state index in [1.807, 2.05) is 31.6 Å². The Balaban J connectivity index is 1.70. The maximum Gasteiger partial charge on any atom is 0.255 e. The van der Waals surface area contributed by atoms with Crippen LogP contribution in [0.1, 0.15) is 10.4 Å². The summed E-state index contributed by atoms with van der Waals surface area (Å²) in [6.45, 7) is 0.940. The van der Waals surface area contributed by atoms with Crippen molar-refractivity contribution in [3.63, 3.8) is 0 Å². The largest absolute Gasteiger partial charge is 0.491 e. The van der Waals surface area contributed by atoms with Crippen LogP contribution >= 0.6 is 0 Å². The number of rotatable bonds is 2. The van der Waals surface area contributed by atoms with Crippen LogP contribution in [0.3, 0.4) is 0 Å². The first-order chi connectivity index (χ1) is 13.2. The number of amides is 1. The fourth-order valence-electron chi connectivity index (χ4n) is 3.37. The molecule has 5 rings (SSSR count). The third-order valence-corrected chi connectivity index (χ3v) is 4.63. The van der Waals surface area contributed by atoms with E-state index >= 15 is 0 Å². The second kappa shape index (κ2) is 5.94. The molecule has 1 amide bonds. The van der Waals surface area contributed by atoms with Crippen molar-refractivity contribution >= 4 is 16.9 Å². The summed E-state index contributed by atoms with van der Waals surface area (Å²) in [5.74, 6) is 0.462. The van der Waals surface area contributed by atoms with Crippen molar-refractivity contribution in [2.45, 2.75) is 0 Å². The van der Waals surface area contributed by atoms with Crippen molar-refractivity contribution in [1.29, 1.82) is 0 Å². The number of carbonyl (C=O) groups is 1. The Kier molecular flexibility index (Phi) is 3.43. The number of hydrogen-bond donors (Lipinski definition) is 2. The van der Waals surface area contributed by atoms with Crippen molar-refractivity contribution in [2.75, 3.05) is 13.2 Å². The van der Waals surface area contributed by atoms with E-state index < -0.39 is 0 Å². The van der Waals surface area contributed by atoms with Crippen LogP contribution in [0.5, 0.6) is 5.75 Å². The molecule has 0 unspecified atom stereocenters. The van der Waals surface area contributed by atoms with Gasteiger partial charge < -0.3 is 15.0 Å². The average molecular weight is 360 g/mol. The highest BCUT2D eigenvalue weighted by Crippen LogP contribution is 2.36. The molecule has 2 N–H and O–H groups in total. The minimum Gasteiger partial charge on any atom is -0.491 e. The summed E-state index contributed by atoms with van der Waals surface area (Å²) in [4.78, 5) is 24.2. The van der Waals surface area contributed by atoms with E-state index in [0.29, 0.717) is 24.5 Å². The van der Waals surface area contributed by atoms with E-state index in [2.05, 4.69) is 25.4 Å². The fourth-order valence-corrected chi connectivity index (χ4v) is 3.37. The molecule has 0 saturated carbocycles. The molecule has 0 saturated heterocycles. The Labute approximate surface area is 154 Å². The first-order valence-electron chi connectivity index (χ1n) is 8.57. The first-order valence-corrected chi connectivity index (χ1v) is 8.57. The minimum atomic E-state index is -0.118. The summed E-state index contributed by atoms with van der Waals surface area (Å²) in [7, 11) is 1.87. The maximum atomic E-state index is 12.1. The topological polar surface area (TPSA) is 97.7 Å². The van der Waals surface area contributed by atoms with Gasteiger partial charge in [0.05, 0.1) is 29.4 Å². The molecule has 0 bridgehead atoms. The van der Waals surface area contributed by atoms with Gasteiger partial charge in [-0.3, -0.25) is 9.48 Å². The van der Waals surface area contributed by atoms with Gasteiger partial charge in [0.25, 0.3) is 5.91 Å². The fraction of sp³-hybridized carbons (Fsp3) is 0.158. The molecule has 3 aromatic heterocycles. The first kappa shape index (κ1) is 15.6. The molecular weight excluding hydrogens is 344 g/mol. The van der Waals surface area contributed by atoms with Crippen molar-refractivity contribution in [1.82, 2.24) is 30.0 Å². The normalized spacial score (nSPS) is 13.7. The molecule has 4 heterocycles. The summed E-state index contributed by atoms with van der Waals surface area (Å²) >= 11 is 0. The molecule has 8 heteroatoms. The zero-order valence-corrected chi connectivity index (χ0v) is 14.6. The van der Waals surface area contributed by atoms with Gasteiger partial charge in [0, 0.05) is 30.6 Å². The number of carbonyl (C=O) groups excluding carboxylic acids is 1. The lowest BCUT2D eigenvalue weighted by molar-refractivity contribution is 0.0957. The van der Waals surface area contributed by atoms with E-state index in [9.17, 15) is 4.79 Å². The van der Waals surface area contributed by atoms with Crippen molar-refractivity contribution in [3.05, 3.63) is 48.7 Å². The molecule has 0 fully saturated rings. The third-order valence-electron chi connectivity index (χ3n) is 4.63. The zero-order valence-electron chi connectivity index (χ0n) is 14.6. The van der Waals surface area contributed by atoms with E-state index in [4.69, 9.17) is 4.74 Å². The quantitative estimate of drug-likeness (QED) is 0.571. The lowest BCUT2D eigenvalue weighted by Gasteiger charge is -2.09. The lowest BCUT2D eigenvalue weighted by Crippen LogP contribution is -2.24. The maximum absolute atomic E-state index is 12.1. The highest BCUT2D eigenvalue weighted by molar-refractivity contribution is 6.03. The van der Waals surface area contributed by atoms with Crippen LogP contribution in [0.2, 0.25) is 0 Å². The van der Waals surface area contributed by atoms with E-state index in [1.165, 1.54) is 6.33 Å². The number of aromatic nitrogens is 5. The van der Waals surface area contributed by atoms with Crippen molar-refractivity contribution in [2.24, 2.45) is 7.05 Å². The minimum absolute atomic E-state index is 0.118. The van der Waals surface area contributed by atoms with Crippen LogP contribution in [0.15, 0.2) is 43.1 Å². The van der Waals surface area contributed by atoms with Crippen LogP contribution in [-0.2, 0) is 7.05 Å². The van der Waals surface area contributed by atoms with Crippen LogP contribution < -0.4 is 10.1 Å². The molecule has 1 aromatic carbocycles. The smallest absolute Gasteiger partial charge is 0.255 e.